The van der Waals surface area contributed by atoms with Crippen molar-refractivity contribution in [2.24, 2.45) is 0 Å². The summed E-state index contributed by atoms with van der Waals surface area (Å²) in [5, 5.41) is 9.38. The Labute approximate surface area is 179 Å². The highest BCUT2D eigenvalue weighted by Gasteiger charge is 2.25. The number of nitrogens with zero attached hydrogens (tertiary/aromatic N) is 2. The van der Waals surface area contributed by atoms with Crippen molar-refractivity contribution in [2.45, 2.75) is 9.79 Å². The van der Waals surface area contributed by atoms with E-state index in [-0.39, 0.29) is 5.78 Å². The smallest absolute Gasteiger partial charge is 0.193 e. The highest BCUT2D eigenvalue weighted by atomic mass is 32.2. The van der Waals surface area contributed by atoms with Crippen LogP contribution in [-0.4, -0.2) is 5.78 Å². The Morgan fingerprint density at radius 1 is 0.733 bits per heavy atom. The summed E-state index contributed by atoms with van der Waals surface area (Å²) in [7, 11) is 0. The van der Waals surface area contributed by atoms with Gasteiger partial charge in [-0.2, -0.15) is 5.26 Å². The van der Waals surface area contributed by atoms with Crippen LogP contribution in [0.5, 0.6) is 0 Å². The fourth-order valence-electron chi connectivity index (χ4n) is 3.62. The molecule has 30 heavy (non-hydrogen) atoms. The first-order valence-electron chi connectivity index (χ1n) is 9.55. The number of para-hydroxylation sites is 1. The maximum Gasteiger partial charge on any atom is 0.193 e. The topological polar surface area (TPSA) is 44.1 Å². The lowest BCUT2D eigenvalue weighted by molar-refractivity contribution is 0.103. The van der Waals surface area contributed by atoms with Crippen LogP contribution in [0.3, 0.4) is 0 Å². The first kappa shape index (κ1) is 18.2. The van der Waals surface area contributed by atoms with E-state index >= 15 is 0 Å². The van der Waals surface area contributed by atoms with Gasteiger partial charge in [0.15, 0.2) is 5.78 Å². The summed E-state index contributed by atoms with van der Waals surface area (Å²) in [5.41, 5.74) is 4.93. The lowest BCUT2D eigenvalue weighted by atomic mass is 10.0. The number of hydrogen-bond donors (Lipinski definition) is 0. The quantitative estimate of drug-likeness (QED) is 0.313. The van der Waals surface area contributed by atoms with Crippen molar-refractivity contribution in [3.63, 3.8) is 0 Å². The summed E-state index contributed by atoms with van der Waals surface area (Å²) >= 11 is 1.70. The molecule has 0 bridgehead atoms. The molecule has 0 unspecified atom stereocenters. The second-order valence-electron chi connectivity index (χ2n) is 6.94. The van der Waals surface area contributed by atoms with Crippen LogP contribution in [-0.2, 0) is 0 Å². The van der Waals surface area contributed by atoms with E-state index in [0.717, 1.165) is 26.9 Å². The summed E-state index contributed by atoms with van der Waals surface area (Å²) in [6.45, 7) is 0. The molecule has 142 valence electrons. The van der Waals surface area contributed by atoms with Crippen LogP contribution in [0.4, 0.5) is 17.1 Å². The number of hydrogen-bond acceptors (Lipinski definition) is 4. The summed E-state index contributed by atoms with van der Waals surface area (Å²) in [6.07, 6.45) is 0. The molecule has 5 rings (SSSR count). The van der Waals surface area contributed by atoms with Gasteiger partial charge in [-0.05, 0) is 54.6 Å². The largest absolute Gasteiger partial charge is 0.308 e. The van der Waals surface area contributed by atoms with Crippen molar-refractivity contribution >= 4 is 34.6 Å². The average Bonchev–Trinajstić information content (AvgIpc) is 2.82. The fraction of sp³-hybridized carbons (Fsp3) is 0. The molecule has 0 saturated heterocycles. The molecular weight excluding hydrogens is 388 g/mol. The maximum absolute atomic E-state index is 12.8. The molecule has 4 aromatic rings. The van der Waals surface area contributed by atoms with E-state index in [1.54, 1.807) is 11.8 Å². The van der Waals surface area contributed by atoms with E-state index < -0.39 is 0 Å². The Kier molecular flexibility index (Phi) is 4.59. The zero-order chi connectivity index (χ0) is 20.5. The number of fused-ring (bicyclic) bond motifs is 2. The van der Waals surface area contributed by atoms with Crippen LogP contribution in [0.1, 0.15) is 21.5 Å². The molecule has 0 N–H and O–H groups in total. The van der Waals surface area contributed by atoms with Crippen LogP contribution in [0.15, 0.2) is 107 Å². The van der Waals surface area contributed by atoms with Crippen molar-refractivity contribution in [1.29, 1.82) is 5.26 Å². The van der Waals surface area contributed by atoms with E-state index in [1.807, 2.05) is 84.9 Å². The Bertz CT molecular complexity index is 1290. The van der Waals surface area contributed by atoms with Crippen molar-refractivity contribution in [3.05, 3.63) is 114 Å². The first-order chi connectivity index (χ1) is 14.7. The summed E-state index contributed by atoms with van der Waals surface area (Å²) < 4.78 is 0. The zero-order valence-corrected chi connectivity index (χ0v) is 16.8. The number of ketones is 1. The first-order valence-corrected chi connectivity index (χ1v) is 10.4. The minimum atomic E-state index is 0.00363. The third-order valence-corrected chi connectivity index (χ3v) is 6.21. The van der Waals surface area contributed by atoms with Gasteiger partial charge in [0, 0.05) is 26.6 Å². The van der Waals surface area contributed by atoms with Gasteiger partial charge in [-0.1, -0.05) is 54.2 Å². The molecule has 0 aromatic heterocycles. The van der Waals surface area contributed by atoms with Gasteiger partial charge in [-0.25, -0.2) is 0 Å². The number of rotatable bonds is 3. The van der Waals surface area contributed by atoms with E-state index in [2.05, 4.69) is 23.1 Å². The Hall–Kier alpha value is -3.81. The molecule has 0 aliphatic carbocycles. The third-order valence-electron chi connectivity index (χ3n) is 5.08. The van der Waals surface area contributed by atoms with Crippen molar-refractivity contribution < 1.29 is 4.79 Å². The van der Waals surface area contributed by atoms with Gasteiger partial charge in [0.25, 0.3) is 0 Å². The van der Waals surface area contributed by atoms with E-state index in [0.29, 0.717) is 16.7 Å². The fourth-order valence-corrected chi connectivity index (χ4v) is 4.66. The number of benzene rings is 4. The van der Waals surface area contributed by atoms with Crippen LogP contribution in [0, 0.1) is 11.3 Å². The SMILES string of the molecule is N#Cc1ccc2c(c1)N(c1ccc(C(=O)c3ccccc3)cc1)c1ccccc1S2. The van der Waals surface area contributed by atoms with Gasteiger partial charge in [0.1, 0.15) is 0 Å². The molecule has 0 atom stereocenters. The molecule has 1 heterocycles. The van der Waals surface area contributed by atoms with E-state index in [4.69, 9.17) is 0 Å². The molecule has 0 spiro atoms. The number of carbonyl (C=O) groups excluding carboxylic acids is 1. The van der Waals surface area contributed by atoms with Gasteiger partial charge >= 0.3 is 0 Å². The summed E-state index contributed by atoms with van der Waals surface area (Å²) in [6, 6.07) is 33.2. The molecule has 4 heteroatoms. The summed E-state index contributed by atoms with van der Waals surface area (Å²) in [4.78, 5) is 17.2. The molecule has 1 aliphatic rings. The summed E-state index contributed by atoms with van der Waals surface area (Å²) in [5.74, 6) is 0.00363. The normalized spacial score (nSPS) is 11.9. The highest BCUT2D eigenvalue weighted by molar-refractivity contribution is 7.99. The third kappa shape index (κ3) is 3.16. The minimum absolute atomic E-state index is 0.00363. The zero-order valence-electron chi connectivity index (χ0n) is 15.9. The monoisotopic (exact) mass is 404 g/mol. The second kappa shape index (κ2) is 7.55. The van der Waals surface area contributed by atoms with Crippen molar-refractivity contribution in [2.75, 3.05) is 4.90 Å². The number of carbonyl (C=O) groups is 1. The van der Waals surface area contributed by atoms with Crippen LogP contribution in [0.25, 0.3) is 0 Å². The highest BCUT2D eigenvalue weighted by Crippen LogP contribution is 2.51. The van der Waals surface area contributed by atoms with Crippen molar-refractivity contribution in [1.82, 2.24) is 0 Å². The average molecular weight is 404 g/mol. The number of nitriles is 1. The van der Waals surface area contributed by atoms with Crippen LogP contribution in [0.2, 0.25) is 0 Å². The maximum atomic E-state index is 12.8. The van der Waals surface area contributed by atoms with Gasteiger partial charge in [-0.15, -0.1) is 0 Å². The van der Waals surface area contributed by atoms with Crippen LogP contribution >= 0.6 is 11.8 Å². The number of anilines is 3. The van der Waals surface area contributed by atoms with Gasteiger partial charge in [0.05, 0.1) is 23.0 Å². The molecule has 3 nitrogen and oxygen atoms in total. The Morgan fingerprint density at radius 2 is 1.40 bits per heavy atom. The van der Waals surface area contributed by atoms with Gasteiger partial charge in [-0.3, -0.25) is 4.79 Å². The van der Waals surface area contributed by atoms with Gasteiger partial charge < -0.3 is 4.90 Å². The van der Waals surface area contributed by atoms with E-state index in [1.165, 1.54) is 0 Å². The minimum Gasteiger partial charge on any atom is -0.308 e. The lowest BCUT2D eigenvalue weighted by Crippen LogP contribution is -2.15. The van der Waals surface area contributed by atoms with Gasteiger partial charge in [0.2, 0.25) is 0 Å². The predicted molar refractivity (Wildman–Crippen MR) is 120 cm³/mol. The van der Waals surface area contributed by atoms with Crippen molar-refractivity contribution in [3.8, 4) is 6.07 Å². The predicted octanol–water partition coefficient (Wildman–Crippen LogP) is 6.72. The molecule has 0 amide bonds. The standard InChI is InChI=1S/C26H16N2OS/c27-17-18-10-15-25-23(16-18)28(22-8-4-5-9-24(22)30-25)21-13-11-20(12-14-21)26(29)19-6-2-1-3-7-19/h1-16H. The Balaban J connectivity index is 1.59. The molecule has 4 aromatic carbocycles. The molecule has 1 aliphatic heterocycles. The van der Waals surface area contributed by atoms with E-state index in [9.17, 15) is 10.1 Å². The molecule has 0 fully saturated rings. The molecule has 0 saturated carbocycles. The Morgan fingerprint density at radius 3 is 2.17 bits per heavy atom. The lowest BCUT2D eigenvalue weighted by Gasteiger charge is -2.33. The van der Waals surface area contributed by atoms with Crippen LogP contribution < -0.4 is 4.90 Å². The molecule has 0 radical (unpaired) electrons. The molecular formula is C26H16N2OS. The second-order valence-corrected chi connectivity index (χ2v) is 8.03.